The van der Waals surface area contributed by atoms with Crippen LogP contribution < -0.4 is 5.32 Å². The molecule has 1 spiro atoms. The van der Waals surface area contributed by atoms with Crippen molar-refractivity contribution in [1.82, 2.24) is 29.0 Å². The molecule has 1 fully saturated rings. The van der Waals surface area contributed by atoms with Crippen LogP contribution in [-0.2, 0) is 18.3 Å². The Balaban J connectivity index is 0.00000274. The largest absolute Gasteiger partial charge is 0.431 e. The van der Waals surface area contributed by atoms with Gasteiger partial charge in [0.05, 0.1) is 11.7 Å². The van der Waals surface area contributed by atoms with Gasteiger partial charge in [-0.2, -0.15) is 22.8 Å². The summed E-state index contributed by atoms with van der Waals surface area (Å²) in [6, 6.07) is 4.58. The fraction of sp³-hybridized carbons (Fsp3) is 0.500. The van der Waals surface area contributed by atoms with E-state index in [0.717, 1.165) is 5.82 Å². The van der Waals surface area contributed by atoms with Crippen molar-refractivity contribution >= 4 is 17.4 Å². The zero-order valence-electron chi connectivity index (χ0n) is 18.6. The Hall–Kier alpha value is -3.08. The van der Waals surface area contributed by atoms with Gasteiger partial charge in [-0.3, -0.25) is 9.69 Å². The number of hydrogen-bond acceptors (Lipinski definition) is 5. The van der Waals surface area contributed by atoms with Crippen molar-refractivity contribution in [3.63, 3.8) is 0 Å². The first-order chi connectivity index (χ1) is 15.8. The van der Waals surface area contributed by atoms with Crippen molar-refractivity contribution < 1.29 is 19.4 Å². The van der Waals surface area contributed by atoms with Gasteiger partial charge in [0.2, 0.25) is 0 Å². The zero-order chi connectivity index (χ0) is 23.4. The number of carbonyl (C=O) groups excluding carboxylic acids is 1. The van der Waals surface area contributed by atoms with Gasteiger partial charge in [0, 0.05) is 46.0 Å². The summed E-state index contributed by atoms with van der Waals surface area (Å²) >= 11 is 0. The lowest BCUT2D eigenvalue weighted by molar-refractivity contribution is -0.144. The summed E-state index contributed by atoms with van der Waals surface area (Å²) in [4.78, 5) is 21.6. The second-order valence-corrected chi connectivity index (χ2v) is 8.65. The molecule has 8 nitrogen and oxygen atoms in total. The van der Waals surface area contributed by atoms with E-state index in [2.05, 4.69) is 20.3 Å². The number of piperidine rings is 1. The first-order valence-electron chi connectivity index (χ1n) is 11.1. The highest BCUT2D eigenvalue weighted by atomic mass is 19.4. The molecule has 0 bridgehead atoms. The van der Waals surface area contributed by atoms with Gasteiger partial charge in [-0.15, -0.1) is 0 Å². The van der Waals surface area contributed by atoms with Gasteiger partial charge in [0.25, 0.3) is 5.91 Å². The van der Waals surface area contributed by atoms with Crippen molar-refractivity contribution in [1.29, 1.82) is 0 Å². The van der Waals surface area contributed by atoms with Crippen LogP contribution in [-0.4, -0.2) is 68.1 Å². The number of anilines is 1. The third kappa shape index (κ3) is 3.36. The highest BCUT2D eigenvalue weighted by Gasteiger charge is 2.47. The molecule has 3 aromatic rings. The molecule has 33 heavy (non-hydrogen) atoms. The Labute approximate surface area is 190 Å². The molecule has 5 heterocycles. The zero-order valence-corrected chi connectivity index (χ0v) is 18.6. The van der Waals surface area contributed by atoms with Crippen LogP contribution >= 0.6 is 0 Å². The minimum absolute atomic E-state index is 0. The molecule has 1 saturated heterocycles. The number of rotatable bonds is 3. The molecular formula is C22H28F3N7O. The topological polar surface area (TPSA) is 70.7 Å². The maximum atomic E-state index is 13.5. The summed E-state index contributed by atoms with van der Waals surface area (Å²) in [5, 5.41) is 7.53. The molecule has 2 aliphatic rings. The van der Waals surface area contributed by atoms with E-state index in [-0.39, 0.29) is 7.33 Å². The predicted octanol–water partition coefficient (Wildman–Crippen LogP) is 3.30. The predicted molar refractivity (Wildman–Crippen MR) is 118 cm³/mol. The van der Waals surface area contributed by atoms with Gasteiger partial charge < -0.3 is 14.8 Å². The molecule has 0 aliphatic carbocycles. The molecule has 0 aromatic carbocycles. The molecule has 5 rings (SSSR count). The van der Waals surface area contributed by atoms with E-state index in [1.54, 1.807) is 27.7 Å². The van der Waals surface area contributed by atoms with Crippen LogP contribution in [0.5, 0.6) is 0 Å². The van der Waals surface area contributed by atoms with Crippen LogP contribution in [0.3, 0.4) is 0 Å². The maximum absolute atomic E-state index is 13.5. The summed E-state index contributed by atoms with van der Waals surface area (Å²) in [6.07, 6.45) is -0.0879. The number of aromatic nitrogens is 4. The van der Waals surface area contributed by atoms with Gasteiger partial charge in [0.15, 0.2) is 5.65 Å². The maximum Gasteiger partial charge on any atom is 0.431 e. The van der Waals surface area contributed by atoms with Crippen LogP contribution in [0.15, 0.2) is 30.6 Å². The third-order valence-corrected chi connectivity index (χ3v) is 7.00. The summed E-state index contributed by atoms with van der Waals surface area (Å²) < 4.78 is 43.5. The Bertz CT molecular complexity index is 1200. The van der Waals surface area contributed by atoms with E-state index in [1.807, 2.05) is 14.0 Å². The van der Waals surface area contributed by atoms with Crippen LogP contribution in [0.1, 0.15) is 42.9 Å². The van der Waals surface area contributed by atoms with Gasteiger partial charge in [0.1, 0.15) is 17.1 Å². The van der Waals surface area contributed by atoms with Gasteiger partial charge >= 0.3 is 6.18 Å². The van der Waals surface area contributed by atoms with Crippen molar-refractivity contribution in [3.05, 3.63) is 47.5 Å². The van der Waals surface area contributed by atoms with Gasteiger partial charge in [-0.25, -0.2) is 4.98 Å². The van der Waals surface area contributed by atoms with Crippen molar-refractivity contribution in [2.45, 2.75) is 38.0 Å². The minimum Gasteiger partial charge on any atom is -0.370 e. The Kier molecular flexibility index (Phi) is 5.11. The van der Waals surface area contributed by atoms with E-state index in [0.29, 0.717) is 62.5 Å². The number of halogens is 3. The number of carbonyl (C=O) groups is 1. The molecule has 1 amide bonds. The highest BCUT2D eigenvalue weighted by molar-refractivity contribution is 5.99. The van der Waals surface area contributed by atoms with Crippen LogP contribution in [0, 0.1) is 0 Å². The lowest BCUT2D eigenvalue weighted by atomic mass is 9.81. The number of amides is 1. The van der Waals surface area contributed by atoms with Crippen molar-refractivity contribution in [3.8, 4) is 0 Å². The molecule has 0 unspecified atom stereocenters. The molecule has 0 atom stereocenters. The normalized spacial score (nSPS) is 18.6. The van der Waals surface area contributed by atoms with Gasteiger partial charge in [-0.1, -0.05) is 0 Å². The van der Waals surface area contributed by atoms with Crippen LogP contribution in [0.25, 0.3) is 5.65 Å². The fourth-order valence-corrected chi connectivity index (χ4v) is 5.27. The second-order valence-electron chi connectivity index (χ2n) is 8.65. The average molecular weight is 464 g/mol. The summed E-state index contributed by atoms with van der Waals surface area (Å²) in [5.74, 6) is 0.593. The molecule has 0 saturated carbocycles. The minimum atomic E-state index is -4.38. The van der Waals surface area contributed by atoms with E-state index >= 15 is 0 Å². The third-order valence-electron chi connectivity index (χ3n) is 7.00. The van der Waals surface area contributed by atoms with Crippen LogP contribution in [0.2, 0.25) is 0 Å². The van der Waals surface area contributed by atoms with E-state index in [1.165, 1.54) is 16.8 Å². The second kappa shape index (κ2) is 7.75. The lowest BCUT2D eigenvalue weighted by Gasteiger charge is -2.50. The molecular weight excluding hydrogens is 435 g/mol. The molecule has 11 heteroatoms. The SMILES string of the molecule is CCNc1ccnc2c(C(=O)N3CCC4(CC3)c3ccc(C(F)(F)F)n3CCN4C)cnn12.[HH]. The number of nitrogens with one attached hydrogen (secondary N) is 1. The van der Waals surface area contributed by atoms with E-state index in [9.17, 15) is 18.0 Å². The Morgan fingerprint density at radius 3 is 2.64 bits per heavy atom. The number of nitrogens with zero attached hydrogens (tertiary/aromatic N) is 6. The molecule has 3 aromatic heterocycles. The Morgan fingerprint density at radius 1 is 1.18 bits per heavy atom. The van der Waals surface area contributed by atoms with Gasteiger partial charge in [-0.05, 0) is 45.0 Å². The highest BCUT2D eigenvalue weighted by Crippen LogP contribution is 2.44. The number of hydrogen-bond donors (Lipinski definition) is 1. The number of likely N-dealkylation sites (N-methyl/N-ethyl adjacent to an activating group) is 1. The molecule has 2 aliphatic heterocycles. The smallest absolute Gasteiger partial charge is 0.370 e. The summed E-state index contributed by atoms with van der Waals surface area (Å²) in [6.45, 7) is 4.41. The fourth-order valence-electron chi connectivity index (χ4n) is 5.27. The molecule has 0 radical (unpaired) electrons. The quantitative estimate of drug-likeness (QED) is 0.646. The lowest BCUT2D eigenvalue weighted by Crippen LogP contribution is -2.56. The molecule has 178 valence electrons. The summed E-state index contributed by atoms with van der Waals surface area (Å²) in [5.41, 5.74) is 0.472. The average Bonchev–Trinajstić information content (AvgIpc) is 3.42. The molecule has 1 N–H and O–H groups in total. The van der Waals surface area contributed by atoms with E-state index < -0.39 is 17.4 Å². The van der Waals surface area contributed by atoms with E-state index in [4.69, 9.17) is 0 Å². The van der Waals surface area contributed by atoms with Crippen LogP contribution in [0.4, 0.5) is 19.0 Å². The summed E-state index contributed by atoms with van der Waals surface area (Å²) in [7, 11) is 1.96. The standard InChI is InChI=1S/C22H26F3N7O.H2/c1-3-26-18-6-9-27-19-15(14-28-32(18)19)20(33)30-10-7-21(8-11-30)16-4-5-17(22(23,24)25)31(16)13-12-29(21)2;/h4-6,9,14,26H,3,7-8,10-13H2,1-2H3;1H. The van der Waals surface area contributed by atoms with Crippen molar-refractivity contribution in [2.24, 2.45) is 0 Å². The number of likely N-dealkylation sites (tertiary alicyclic amines) is 1. The number of alkyl halides is 3. The van der Waals surface area contributed by atoms with Crippen molar-refractivity contribution in [2.75, 3.05) is 38.5 Å². The number of fused-ring (bicyclic) bond motifs is 3. The monoisotopic (exact) mass is 463 g/mol. The first kappa shape index (κ1) is 21.7. The first-order valence-corrected chi connectivity index (χ1v) is 11.1. The Morgan fingerprint density at radius 2 is 1.94 bits per heavy atom.